The van der Waals surface area contributed by atoms with Crippen LogP contribution in [-0.4, -0.2) is 40.1 Å². The number of carboxylic acid groups (broad SMARTS) is 2. The number of nitrogens with two attached hydrogens (primary N) is 1. The molecule has 92 valence electrons. The molecule has 7 nitrogen and oxygen atoms in total. The van der Waals surface area contributed by atoms with Crippen LogP contribution in [0.4, 0.5) is 0 Å². The standard InChI is InChI=1S/C9H16N2O5/c1-2-6(9(15)16)11-7(12)4-3-5(10)8(13)14/h5-6H,2-4,10H2,1H3,(H,11,12)(H,13,14)(H,15,16)/t5-,6?/m0/s1. The third-order valence-electron chi connectivity index (χ3n) is 2.04. The van der Waals surface area contributed by atoms with Crippen molar-refractivity contribution in [2.24, 2.45) is 5.73 Å². The number of hydrogen-bond donors (Lipinski definition) is 4. The lowest BCUT2D eigenvalue weighted by atomic mass is 10.1. The highest BCUT2D eigenvalue weighted by Gasteiger charge is 2.19. The summed E-state index contributed by atoms with van der Waals surface area (Å²) < 4.78 is 0. The molecule has 0 heterocycles. The van der Waals surface area contributed by atoms with Crippen molar-refractivity contribution in [2.45, 2.75) is 38.3 Å². The van der Waals surface area contributed by atoms with Crippen LogP contribution < -0.4 is 11.1 Å². The zero-order valence-corrected chi connectivity index (χ0v) is 8.97. The van der Waals surface area contributed by atoms with Crippen molar-refractivity contribution >= 4 is 17.8 Å². The lowest BCUT2D eigenvalue weighted by molar-refractivity contribution is -0.142. The average molecular weight is 232 g/mol. The fourth-order valence-corrected chi connectivity index (χ4v) is 1.01. The Morgan fingerprint density at radius 1 is 1.25 bits per heavy atom. The van der Waals surface area contributed by atoms with Gasteiger partial charge in [0.25, 0.3) is 0 Å². The summed E-state index contributed by atoms with van der Waals surface area (Å²) in [7, 11) is 0. The molecule has 0 aliphatic rings. The minimum Gasteiger partial charge on any atom is -0.480 e. The van der Waals surface area contributed by atoms with Crippen molar-refractivity contribution in [3.05, 3.63) is 0 Å². The Balaban J connectivity index is 3.99. The molecule has 2 atom stereocenters. The van der Waals surface area contributed by atoms with Crippen LogP contribution in [0.15, 0.2) is 0 Å². The monoisotopic (exact) mass is 232 g/mol. The van der Waals surface area contributed by atoms with Gasteiger partial charge in [0.1, 0.15) is 12.1 Å². The third-order valence-corrected chi connectivity index (χ3v) is 2.04. The lowest BCUT2D eigenvalue weighted by Gasteiger charge is -2.12. The lowest BCUT2D eigenvalue weighted by Crippen LogP contribution is -2.41. The van der Waals surface area contributed by atoms with E-state index >= 15 is 0 Å². The van der Waals surface area contributed by atoms with Crippen LogP contribution in [0.25, 0.3) is 0 Å². The van der Waals surface area contributed by atoms with E-state index in [2.05, 4.69) is 5.32 Å². The smallest absolute Gasteiger partial charge is 0.326 e. The van der Waals surface area contributed by atoms with Gasteiger partial charge in [0, 0.05) is 6.42 Å². The largest absolute Gasteiger partial charge is 0.480 e. The fourth-order valence-electron chi connectivity index (χ4n) is 1.01. The molecule has 0 aromatic rings. The number of carboxylic acids is 2. The van der Waals surface area contributed by atoms with Crippen LogP contribution >= 0.6 is 0 Å². The zero-order chi connectivity index (χ0) is 12.7. The number of rotatable bonds is 7. The van der Waals surface area contributed by atoms with Crippen molar-refractivity contribution in [2.75, 3.05) is 0 Å². The molecular formula is C9H16N2O5. The first-order chi connectivity index (χ1) is 7.38. The van der Waals surface area contributed by atoms with E-state index in [4.69, 9.17) is 15.9 Å². The number of amides is 1. The molecule has 0 aromatic carbocycles. The number of carbonyl (C=O) groups excluding carboxylic acids is 1. The van der Waals surface area contributed by atoms with Crippen LogP contribution in [0, 0.1) is 0 Å². The normalized spacial score (nSPS) is 13.9. The third kappa shape index (κ3) is 5.30. The molecule has 0 fully saturated rings. The van der Waals surface area contributed by atoms with E-state index in [1.807, 2.05) is 0 Å². The summed E-state index contributed by atoms with van der Waals surface area (Å²) in [6.07, 6.45) is 0.153. The van der Waals surface area contributed by atoms with Gasteiger partial charge in [-0.2, -0.15) is 0 Å². The highest BCUT2D eigenvalue weighted by Crippen LogP contribution is 1.97. The molecule has 1 unspecified atom stereocenters. The van der Waals surface area contributed by atoms with E-state index in [0.717, 1.165) is 0 Å². The minimum absolute atomic E-state index is 0.0166. The van der Waals surface area contributed by atoms with Gasteiger partial charge in [0.2, 0.25) is 5.91 Å². The zero-order valence-electron chi connectivity index (χ0n) is 8.97. The first kappa shape index (κ1) is 14.4. The molecular weight excluding hydrogens is 216 g/mol. The number of nitrogens with one attached hydrogen (secondary N) is 1. The number of hydrogen-bond acceptors (Lipinski definition) is 4. The van der Waals surface area contributed by atoms with E-state index < -0.39 is 29.9 Å². The topological polar surface area (TPSA) is 130 Å². The molecule has 0 rings (SSSR count). The quantitative estimate of drug-likeness (QED) is 0.452. The predicted octanol–water partition coefficient (Wildman–Crippen LogP) is -0.842. The van der Waals surface area contributed by atoms with Crippen LogP contribution in [0.5, 0.6) is 0 Å². The highest BCUT2D eigenvalue weighted by molar-refractivity contribution is 5.84. The van der Waals surface area contributed by atoms with E-state index in [1.54, 1.807) is 6.92 Å². The maximum Gasteiger partial charge on any atom is 0.326 e. The van der Waals surface area contributed by atoms with Gasteiger partial charge in [-0.3, -0.25) is 9.59 Å². The average Bonchev–Trinajstić information content (AvgIpc) is 2.21. The van der Waals surface area contributed by atoms with Crippen molar-refractivity contribution < 1.29 is 24.6 Å². The van der Waals surface area contributed by atoms with Gasteiger partial charge in [0.05, 0.1) is 0 Å². The summed E-state index contributed by atoms with van der Waals surface area (Å²) in [5, 5.41) is 19.4. The highest BCUT2D eigenvalue weighted by atomic mass is 16.4. The second-order valence-corrected chi connectivity index (χ2v) is 3.35. The Bertz CT molecular complexity index is 279. The molecule has 1 amide bonds. The van der Waals surface area contributed by atoms with Crippen molar-refractivity contribution in [1.82, 2.24) is 5.32 Å². The van der Waals surface area contributed by atoms with Gasteiger partial charge in [-0.05, 0) is 12.8 Å². The number of aliphatic carboxylic acids is 2. The molecule has 0 aliphatic heterocycles. The first-order valence-corrected chi connectivity index (χ1v) is 4.89. The van der Waals surface area contributed by atoms with Crippen LogP contribution in [-0.2, 0) is 14.4 Å². The molecule has 0 bridgehead atoms. The predicted molar refractivity (Wildman–Crippen MR) is 54.7 cm³/mol. The first-order valence-electron chi connectivity index (χ1n) is 4.89. The Morgan fingerprint density at radius 3 is 2.19 bits per heavy atom. The van der Waals surface area contributed by atoms with E-state index in [-0.39, 0.29) is 19.3 Å². The van der Waals surface area contributed by atoms with E-state index in [0.29, 0.717) is 0 Å². The summed E-state index contributed by atoms with van der Waals surface area (Å²) in [6.45, 7) is 1.63. The summed E-state index contributed by atoms with van der Waals surface area (Å²) in [4.78, 5) is 32.1. The molecule has 0 saturated heterocycles. The van der Waals surface area contributed by atoms with Crippen LogP contribution in [0.1, 0.15) is 26.2 Å². The van der Waals surface area contributed by atoms with Gasteiger partial charge in [0.15, 0.2) is 0 Å². The Morgan fingerprint density at radius 2 is 1.81 bits per heavy atom. The molecule has 5 N–H and O–H groups in total. The van der Waals surface area contributed by atoms with E-state index in [1.165, 1.54) is 0 Å². The van der Waals surface area contributed by atoms with Gasteiger partial charge in [-0.15, -0.1) is 0 Å². The van der Waals surface area contributed by atoms with Crippen LogP contribution in [0.2, 0.25) is 0 Å². The molecule has 0 saturated carbocycles. The molecule has 0 spiro atoms. The van der Waals surface area contributed by atoms with Gasteiger partial charge >= 0.3 is 11.9 Å². The molecule has 0 aromatic heterocycles. The second kappa shape index (κ2) is 6.78. The van der Waals surface area contributed by atoms with Crippen LogP contribution in [0.3, 0.4) is 0 Å². The molecule has 16 heavy (non-hydrogen) atoms. The van der Waals surface area contributed by atoms with Crippen molar-refractivity contribution in [1.29, 1.82) is 0 Å². The van der Waals surface area contributed by atoms with Gasteiger partial charge < -0.3 is 21.3 Å². The summed E-state index contributed by atoms with van der Waals surface area (Å²) in [5.74, 6) is -2.80. The molecule has 0 radical (unpaired) electrons. The summed E-state index contributed by atoms with van der Waals surface area (Å²) >= 11 is 0. The van der Waals surface area contributed by atoms with Gasteiger partial charge in [-0.25, -0.2) is 4.79 Å². The van der Waals surface area contributed by atoms with Crippen molar-refractivity contribution in [3.63, 3.8) is 0 Å². The molecule has 0 aliphatic carbocycles. The fraction of sp³-hybridized carbons (Fsp3) is 0.667. The summed E-state index contributed by atoms with van der Waals surface area (Å²) in [6, 6.07) is -2.04. The Hall–Kier alpha value is -1.63. The van der Waals surface area contributed by atoms with Gasteiger partial charge in [-0.1, -0.05) is 6.92 Å². The van der Waals surface area contributed by atoms with E-state index in [9.17, 15) is 14.4 Å². The Labute approximate surface area is 92.6 Å². The Kier molecular flexibility index (Phi) is 6.09. The molecule has 7 heteroatoms. The SMILES string of the molecule is CCC(NC(=O)CC[C@H](N)C(=O)O)C(=O)O. The second-order valence-electron chi connectivity index (χ2n) is 3.35. The van der Waals surface area contributed by atoms with Crippen molar-refractivity contribution in [3.8, 4) is 0 Å². The number of carbonyl (C=O) groups is 3. The summed E-state index contributed by atoms with van der Waals surface area (Å²) in [5.41, 5.74) is 5.19. The maximum atomic E-state index is 11.2. The minimum atomic E-state index is -1.18. The maximum absolute atomic E-state index is 11.2.